The summed E-state index contributed by atoms with van der Waals surface area (Å²) in [6.45, 7) is 0.0566. The molecule has 12 heteroatoms. The number of ether oxygens (including phenoxy) is 2. The normalized spacial score (nSPS) is 29.7. The molecule has 6 atom stereocenters. The summed E-state index contributed by atoms with van der Waals surface area (Å²) in [7, 11) is 6.69. The molecule has 1 aliphatic heterocycles. The van der Waals surface area contributed by atoms with E-state index in [-0.39, 0.29) is 30.9 Å². The summed E-state index contributed by atoms with van der Waals surface area (Å²) >= 11 is 0. The second-order valence-corrected chi connectivity index (χ2v) is 11.9. The van der Waals surface area contributed by atoms with Gasteiger partial charge < -0.3 is 30.3 Å². The molecule has 4 aliphatic rings. The highest BCUT2D eigenvalue weighted by Crippen LogP contribution is 2.53. The summed E-state index contributed by atoms with van der Waals surface area (Å²) in [6.07, 6.45) is 0.162. The maximum absolute atomic E-state index is 14.2. The van der Waals surface area contributed by atoms with Crippen LogP contribution in [0.5, 0.6) is 17.2 Å². The number of likely N-dealkylation sites (N-methyl/N-ethyl adjacent to an activating group) is 1. The van der Waals surface area contributed by atoms with Gasteiger partial charge in [-0.15, -0.1) is 0 Å². The number of anilines is 1. The van der Waals surface area contributed by atoms with Crippen molar-refractivity contribution in [2.24, 2.45) is 29.4 Å². The Kier molecular flexibility index (Phi) is 6.21. The molecule has 220 valence electrons. The van der Waals surface area contributed by atoms with Crippen LogP contribution in [-0.4, -0.2) is 90.8 Å². The van der Waals surface area contributed by atoms with Crippen molar-refractivity contribution in [2.75, 3.05) is 39.9 Å². The molecule has 0 saturated heterocycles. The minimum Gasteiger partial charge on any atom is -0.507 e. The molecule has 2 saturated carbocycles. The second kappa shape index (κ2) is 9.36. The Morgan fingerprint density at radius 3 is 2.36 bits per heavy atom. The van der Waals surface area contributed by atoms with Crippen LogP contribution in [0.15, 0.2) is 24.3 Å². The summed E-state index contributed by atoms with van der Waals surface area (Å²) in [5, 5.41) is 23.3. The molecular weight excluding hydrogens is 546 g/mol. The van der Waals surface area contributed by atoms with Crippen molar-refractivity contribution in [3.63, 3.8) is 0 Å². The van der Waals surface area contributed by atoms with Crippen LogP contribution in [0.3, 0.4) is 0 Å². The van der Waals surface area contributed by atoms with E-state index in [2.05, 4.69) is 0 Å². The van der Waals surface area contributed by atoms with Crippen molar-refractivity contribution in [1.29, 1.82) is 0 Å². The van der Waals surface area contributed by atoms with E-state index in [9.17, 15) is 34.2 Å². The molecular formula is C30H31N3O9. The number of fused-ring (bicyclic) bond motifs is 4. The average molecular weight is 578 g/mol. The average Bonchev–Trinajstić information content (AvgIpc) is 3.38. The zero-order valence-electron chi connectivity index (χ0n) is 23.5. The molecule has 0 bridgehead atoms. The van der Waals surface area contributed by atoms with Gasteiger partial charge in [0.1, 0.15) is 5.75 Å². The zero-order chi connectivity index (χ0) is 30.4. The fourth-order valence-corrected chi connectivity index (χ4v) is 7.34. The Bertz CT molecular complexity index is 1600. The molecule has 6 rings (SSSR count). The number of nitrogens with two attached hydrogens (primary N) is 1. The van der Waals surface area contributed by atoms with Crippen LogP contribution in [0.25, 0.3) is 11.1 Å². The number of benzene rings is 2. The lowest BCUT2D eigenvalue weighted by Crippen LogP contribution is -2.74. The smallest absolute Gasteiger partial charge is 0.235 e. The van der Waals surface area contributed by atoms with Crippen LogP contribution in [0.4, 0.5) is 5.69 Å². The third kappa shape index (κ3) is 3.64. The van der Waals surface area contributed by atoms with E-state index in [0.717, 1.165) is 0 Å². The third-order valence-electron chi connectivity index (χ3n) is 9.20. The Balaban J connectivity index is 1.50. The number of primary amides is 1. The molecule has 0 spiro atoms. The predicted molar refractivity (Wildman–Crippen MR) is 147 cm³/mol. The van der Waals surface area contributed by atoms with E-state index in [0.29, 0.717) is 33.9 Å². The molecule has 1 amide bonds. The zero-order valence-corrected chi connectivity index (χ0v) is 23.5. The number of hydrogen-bond donors (Lipinski definition) is 3. The van der Waals surface area contributed by atoms with Crippen molar-refractivity contribution in [1.82, 2.24) is 4.90 Å². The topological polar surface area (TPSA) is 177 Å². The third-order valence-corrected chi connectivity index (χ3v) is 9.20. The van der Waals surface area contributed by atoms with Crippen molar-refractivity contribution in [3.05, 3.63) is 35.4 Å². The van der Waals surface area contributed by atoms with E-state index >= 15 is 0 Å². The minimum atomic E-state index is -2.77. The summed E-state index contributed by atoms with van der Waals surface area (Å²) in [5.74, 6) is -9.80. The molecule has 4 N–H and O–H groups in total. The number of phenolic OH excluding ortho intramolecular Hbond substituents is 1. The molecule has 2 aromatic rings. The lowest BCUT2D eigenvalue weighted by molar-refractivity contribution is -0.181. The first-order valence-corrected chi connectivity index (χ1v) is 13.6. The molecule has 2 fully saturated rings. The molecule has 12 nitrogen and oxygen atoms in total. The van der Waals surface area contributed by atoms with Gasteiger partial charge in [0.05, 0.1) is 17.5 Å². The Labute approximate surface area is 241 Å². The first-order chi connectivity index (χ1) is 19.8. The number of Topliss-reactive ketones (excluding diaryl/α,β-unsaturated/α-hetero) is 4. The summed E-state index contributed by atoms with van der Waals surface area (Å²) in [6, 6.07) is 5.69. The fourth-order valence-electron chi connectivity index (χ4n) is 7.34. The van der Waals surface area contributed by atoms with Gasteiger partial charge >= 0.3 is 0 Å². The molecule has 0 radical (unpaired) electrons. The van der Waals surface area contributed by atoms with E-state index in [4.69, 9.17) is 15.2 Å². The van der Waals surface area contributed by atoms with Gasteiger partial charge in [-0.25, -0.2) is 0 Å². The summed E-state index contributed by atoms with van der Waals surface area (Å²) in [5.41, 5.74) is 4.58. The van der Waals surface area contributed by atoms with Crippen LogP contribution in [0.1, 0.15) is 22.3 Å². The van der Waals surface area contributed by atoms with Gasteiger partial charge in [0.2, 0.25) is 12.7 Å². The van der Waals surface area contributed by atoms with Crippen LogP contribution in [0, 0.1) is 23.7 Å². The fraction of sp³-hybridized carbons (Fsp3) is 0.433. The van der Waals surface area contributed by atoms with Gasteiger partial charge in [-0.1, -0.05) is 6.07 Å². The van der Waals surface area contributed by atoms with E-state index < -0.39 is 64.4 Å². The largest absolute Gasteiger partial charge is 0.507 e. The summed E-state index contributed by atoms with van der Waals surface area (Å²) < 4.78 is 10.9. The van der Waals surface area contributed by atoms with Crippen molar-refractivity contribution < 1.29 is 43.7 Å². The number of phenols is 1. The van der Waals surface area contributed by atoms with Crippen molar-refractivity contribution >= 4 is 34.7 Å². The molecule has 1 heterocycles. The van der Waals surface area contributed by atoms with E-state index in [1.807, 2.05) is 0 Å². The van der Waals surface area contributed by atoms with Gasteiger partial charge in [-0.05, 0) is 62.2 Å². The maximum Gasteiger partial charge on any atom is 0.235 e. The first kappa shape index (κ1) is 27.9. The number of hydrogen-bond acceptors (Lipinski definition) is 11. The van der Waals surface area contributed by atoms with Gasteiger partial charge in [-0.2, -0.15) is 0 Å². The van der Waals surface area contributed by atoms with Gasteiger partial charge in [0, 0.05) is 31.3 Å². The highest BCUT2D eigenvalue weighted by Gasteiger charge is 2.69. The Hall–Kier alpha value is -4.29. The SMILES string of the molecule is CN(C)c1cc(-c2ccc3c(c2)OCO3)c(O)c2c1C[C@@H]1C[C@@H]3[C@@H](N(C)C)C(=O)C(C(N)=O)C(=O)[C@]3(O)C(=O)C1C2=O. The van der Waals surface area contributed by atoms with Crippen LogP contribution >= 0.6 is 0 Å². The number of carbonyl (C=O) groups is 5. The number of rotatable bonds is 4. The number of carbonyl (C=O) groups excluding carboxylic acids is 5. The minimum absolute atomic E-state index is 0.0125. The Morgan fingerprint density at radius 2 is 1.71 bits per heavy atom. The number of aliphatic hydroxyl groups is 1. The Morgan fingerprint density at radius 1 is 1.02 bits per heavy atom. The second-order valence-electron chi connectivity index (χ2n) is 11.9. The van der Waals surface area contributed by atoms with Crippen molar-refractivity contribution in [2.45, 2.75) is 24.5 Å². The molecule has 2 aromatic carbocycles. The van der Waals surface area contributed by atoms with Gasteiger partial charge in [-0.3, -0.25) is 28.9 Å². The molecule has 42 heavy (non-hydrogen) atoms. The summed E-state index contributed by atoms with van der Waals surface area (Å²) in [4.78, 5) is 70.5. The van der Waals surface area contributed by atoms with Crippen LogP contribution in [0.2, 0.25) is 0 Å². The molecule has 0 aromatic heterocycles. The highest BCUT2D eigenvalue weighted by molar-refractivity contribution is 6.32. The monoisotopic (exact) mass is 577 g/mol. The lowest BCUT2D eigenvalue weighted by atomic mass is 9.52. The van der Waals surface area contributed by atoms with E-state index in [1.54, 1.807) is 57.4 Å². The molecule has 2 unspecified atom stereocenters. The van der Waals surface area contributed by atoms with Crippen LogP contribution < -0.4 is 20.1 Å². The first-order valence-electron chi connectivity index (χ1n) is 13.6. The maximum atomic E-state index is 14.2. The predicted octanol–water partition coefficient (Wildman–Crippen LogP) is 0.329. The number of nitrogens with zero attached hydrogens (tertiary/aromatic N) is 2. The highest BCUT2D eigenvalue weighted by atomic mass is 16.7. The van der Waals surface area contributed by atoms with Crippen LogP contribution in [-0.2, 0) is 25.6 Å². The van der Waals surface area contributed by atoms with Gasteiger partial charge in [0.25, 0.3) is 0 Å². The lowest BCUT2D eigenvalue weighted by Gasteiger charge is -2.52. The quantitative estimate of drug-likeness (QED) is 0.427. The van der Waals surface area contributed by atoms with Gasteiger partial charge in [0.15, 0.2) is 46.2 Å². The van der Waals surface area contributed by atoms with Crippen molar-refractivity contribution in [3.8, 4) is 28.4 Å². The molecule has 3 aliphatic carbocycles. The number of amides is 1. The standard InChI is InChI=1S/C30H31N3O9/c1-32(2)17-10-14(12-5-6-18-19(9-12)42-11-41-18)24(34)21-15(17)7-13-8-16-23(33(3)4)26(36)22(29(31)39)28(38)30(16,40)27(37)20(13)25(21)35/h5-6,9-10,13,16,20,22-23,34,40H,7-8,11H2,1-4H3,(H2,31,39)/t13-,16-,20?,22?,23-,30-/m1/s1. The van der Waals surface area contributed by atoms with E-state index in [1.165, 1.54) is 4.90 Å². The number of ketones is 4. The number of aromatic hydroxyl groups is 1.